The van der Waals surface area contributed by atoms with Crippen LogP contribution in [0.4, 0.5) is 0 Å². The van der Waals surface area contributed by atoms with E-state index in [0.717, 1.165) is 16.5 Å². The molecule has 3 rings (SSSR count). The molecular weight excluding hydrogens is 322 g/mol. The van der Waals surface area contributed by atoms with Crippen LogP contribution in [0, 0.1) is 0 Å². The molecule has 1 heterocycles. The maximum atomic E-state index is 12.0. The molecule has 1 amide bonds. The first kappa shape index (κ1) is 16.7. The fourth-order valence-corrected chi connectivity index (χ4v) is 2.50. The number of rotatable bonds is 6. The maximum absolute atomic E-state index is 12.0. The van der Waals surface area contributed by atoms with Crippen molar-refractivity contribution in [3.63, 3.8) is 0 Å². The first-order valence-corrected chi connectivity index (χ1v) is 7.80. The molecule has 25 heavy (non-hydrogen) atoms. The van der Waals surface area contributed by atoms with E-state index < -0.39 is 18.5 Å². The number of hydrogen-bond donors (Lipinski definition) is 3. The predicted molar refractivity (Wildman–Crippen MR) is 92.2 cm³/mol. The Hall–Kier alpha value is -3.12. The number of carbonyl (C=O) groups is 2. The first-order valence-electron chi connectivity index (χ1n) is 7.80. The monoisotopic (exact) mass is 339 g/mol. The van der Waals surface area contributed by atoms with Crippen LogP contribution in [0.5, 0.6) is 0 Å². The van der Waals surface area contributed by atoms with Crippen LogP contribution in [0.1, 0.15) is 16.8 Å². The zero-order valence-electron chi connectivity index (χ0n) is 13.3. The van der Waals surface area contributed by atoms with E-state index in [0.29, 0.717) is 11.3 Å². The summed E-state index contributed by atoms with van der Waals surface area (Å²) in [5, 5.41) is 21.6. The molecule has 1 aromatic heterocycles. The lowest BCUT2D eigenvalue weighted by atomic mass is 10.1. The quantitative estimate of drug-likeness (QED) is 0.641. The fourth-order valence-electron chi connectivity index (χ4n) is 2.50. The van der Waals surface area contributed by atoms with Gasteiger partial charge in [0.05, 0.1) is 12.5 Å². The van der Waals surface area contributed by atoms with Crippen LogP contribution >= 0.6 is 0 Å². The van der Waals surface area contributed by atoms with Crippen LogP contribution in [0.15, 0.2) is 59.0 Å². The lowest BCUT2D eigenvalue weighted by Crippen LogP contribution is -2.33. The zero-order chi connectivity index (χ0) is 17.8. The number of fused-ring (bicyclic) bond motifs is 1. The molecule has 0 saturated heterocycles. The van der Waals surface area contributed by atoms with E-state index in [9.17, 15) is 14.7 Å². The number of carbonyl (C=O) groups excluding carboxylic acids is 1. The molecule has 3 aromatic rings. The van der Waals surface area contributed by atoms with Crippen LogP contribution < -0.4 is 5.32 Å². The molecule has 3 N–H and O–H groups in total. The largest absolute Gasteiger partial charge is 0.481 e. The number of aliphatic hydroxyl groups is 1. The highest BCUT2D eigenvalue weighted by Crippen LogP contribution is 2.27. The van der Waals surface area contributed by atoms with E-state index >= 15 is 0 Å². The van der Waals surface area contributed by atoms with Crippen molar-refractivity contribution < 1.29 is 24.2 Å². The normalized spacial score (nSPS) is 12.0. The topological polar surface area (TPSA) is 99.8 Å². The highest BCUT2D eigenvalue weighted by Gasteiger charge is 2.13. The number of para-hydroxylation sites is 1. The summed E-state index contributed by atoms with van der Waals surface area (Å²) in [4.78, 5) is 22.5. The van der Waals surface area contributed by atoms with Gasteiger partial charge in [-0.2, -0.15) is 0 Å². The summed E-state index contributed by atoms with van der Waals surface area (Å²) in [5.74, 6) is -0.775. The van der Waals surface area contributed by atoms with Crippen LogP contribution in [-0.2, 0) is 4.79 Å². The second kappa shape index (κ2) is 7.19. The highest BCUT2D eigenvalue weighted by molar-refractivity contribution is 5.94. The summed E-state index contributed by atoms with van der Waals surface area (Å²) < 4.78 is 5.78. The van der Waals surface area contributed by atoms with Gasteiger partial charge in [-0.05, 0) is 24.3 Å². The lowest BCUT2D eigenvalue weighted by molar-refractivity contribution is -0.139. The standard InChI is InChI=1S/C19H17NO5/c21-15(10-18(22)23)11-20-19(24)13-7-5-12(6-8-13)17-9-14-3-1-2-4-16(14)25-17/h1-9,15,21H,10-11H2,(H,20,24)(H,22,23). The van der Waals surface area contributed by atoms with Gasteiger partial charge in [0.15, 0.2) is 0 Å². The zero-order valence-corrected chi connectivity index (χ0v) is 13.3. The highest BCUT2D eigenvalue weighted by atomic mass is 16.4. The summed E-state index contributed by atoms with van der Waals surface area (Å²) in [6.07, 6.45) is -1.53. The molecule has 0 aliphatic heterocycles. The van der Waals surface area contributed by atoms with Crippen molar-refractivity contribution in [1.82, 2.24) is 5.32 Å². The van der Waals surface area contributed by atoms with Gasteiger partial charge in [0.1, 0.15) is 11.3 Å². The van der Waals surface area contributed by atoms with Crippen LogP contribution in [0.3, 0.4) is 0 Å². The van der Waals surface area contributed by atoms with E-state index in [1.54, 1.807) is 24.3 Å². The van der Waals surface area contributed by atoms with Crippen molar-refractivity contribution in [2.75, 3.05) is 6.54 Å². The second-order valence-electron chi connectivity index (χ2n) is 5.69. The molecule has 0 bridgehead atoms. The minimum Gasteiger partial charge on any atom is -0.481 e. The van der Waals surface area contributed by atoms with Gasteiger partial charge in [-0.25, -0.2) is 0 Å². The van der Waals surface area contributed by atoms with Gasteiger partial charge in [-0.1, -0.05) is 30.3 Å². The average molecular weight is 339 g/mol. The predicted octanol–water partition coefficient (Wildman–Crippen LogP) is 2.67. The van der Waals surface area contributed by atoms with Gasteiger partial charge in [-0.3, -0.25) is 9.59 Å². The van der Waals surface area contributed by atoms with Gasteiger partial charge >= 0.3 is 5.97 Å². The number of hydrogen-bond acceptors (Lipinski definition) is 4. The number of amides is 1. The Morgan fingerprint density at radius 3 is 2.48 bits per heavy atom. The molecule has 0 spiro atoms. The van der Waals surface area contributed by atoms with Gasteiger partial charge in [-0.15, -0.1) is 0 Å². The Bertz CT molecular complexity index is 865. The van der Waals surface area contributed by atoms with Gasteiger partial charge in [0, 0.05) is 23.1 Å². The molecule has 2 aromatic carbocycles. The third kappa shape index (κ3) is 4.05. The Balaban J connectivity index is 1.67. The van der Waals surface area contributed by atoms with Crippen molar-refractivity contribution in [2.45, 2.75) is 12.5 Å². The molecule has 128 valence electrons. The average Bonchev–Trinajstić information content (AvgIpc) is 3.03. The van der Waals surface area contributed by atoms with Crippen LogP contribution in [0.25, 0.3) is 22.3 Å². The maximum Gasteiger partial charge on any atom is 0.306 e. The summed E-state index contributed by atoms with van der Waals surface area (Å²) in [5.41, 5.74) is 2.06. The molecule has 0 aliphatic carbocycles. The van der Waals surface area contributed by atoms with E-state index in [1.807, 2.05) is 30.3 Å². The van der Waals surface area contributed by atoms with Crippen molar-refractivity contribution in [3.05, 3.63) is 60.2 Å². The van der Waals surface area contributed by atoms with E-state index in [1.165, 1.54) is 0 Å². The Morgan fingerprint density at radius 2 is 1.80 bits per heavy atom. The molecule has 1 atom stereocenters. The second-order valence-corrected chi connectivity index (χ2v) is 5.69. The number of carboxylic acid groups (broad SMARTS) is 1. The summed E-state index contributed by atoms with van der Waals surface area (Å²) in [7, 11) is 0. The van der Waals surface area contributed by atoms with Crippen LogP contribution in [-0.4, -0.2) is 34.7 Å². The number of aliphatic hydroxyl groups excluding tert-OH is 1. The van der Waals surface area contributed by atoms with Crippen molar-refractivity contribution >= 4 is 22.8 Å². The number of furan rings is 1. The summed E-state index contributed by atoms with van der Waals surface area (Å²) in [6.45, 7) is -0.115. The van der Waals surface area contributed by atoms with Crippen LogP contribution in [0.2, 0.25) is 0 Å². The number of benzene rings is 2. The number of aliphatic carboxylic acids is 1. The van der Waals surface area contributed by atoms with Gasteiger partial charge in [0.2, 0.25) is 0 Å². The summed E-state index contributed by atoms with van der Waals surface area (Å²) >= 11 is 0. The van der Waals surface area contributed by atoms with Crippen molar-refractivity contribution in [2.24, 2.45) is 0 Å². The van der Waals surface area contributed by atoms with Gasteiger partial charge < -0.3 is 19.9 Å². The van der Waals surface area contributed by atoms with E-state index in [2.05, 4.69) is 5.32 Å². The van der Waals surface area contributed by atoms with Crippen molar-refractivity contribution in [3.8, 4) is 11.3 Å². The number of carboxylic acids is 1. The van der Waals surface area contributed by atoms with E-state index in [4.69, 9.17) is 9.52 Å². The third-order valence-corrected chi connectivity index (χ3v) is 3.77. The molecule has 1 unspecified atom stereocenters. The molecule has 6 nitrogen and oxygen atoms in total. The fraction of sp³-hybridized carbons (Fsp3) is 0.158. The van der Waals surface area contributed by atoms with Gasteiger partial charge in [0.25, 0.3) is 5.91 Å². The molecule has 0 fully saturated rings. The molecule has 6 heteroatoms. The Kier molecular flexibility index (Phi) is 4.81. The van der Waals surface area contributed by atoms with Crippen molar-refractivity contribution in [1.29, 1.82) is 0 Å². The van der Waals surface area contributed by atoms with E-state index in [-0.39, 0.29) is 12.5 Å². The Morgan fingerprint density at radius 1 is 1.08 bits per heavy atom. The Labute approximate surface area is 143 Å². The number of nitrogens with one attached hydrogen (secondary N) is 1. The molecule has 0 saturated carbocycles. The molecule has 0 aliphatic rings. The minimum absolute atomic E-state index is 0.115. The SMILES string of the molecule is O=C(O)CC(O)CNC(=O)c1ccc(-c2cc3ccccc3o2)cc1. The lowest BCUT2D eigenvalue weighted by Gasteiger charge is -2.09. The summed E-state index contributed by atoms with van der Waals surface area (Å²) in [6, 6.07) is 16.5. The smallest absolute Gasteiger partial charge is 0.306 e. The minimum atomic E-state index is -1.11. The molecule has 0 radical (unpaired) electrons. The first-order chi connectivity index (χ1) is 12.0. The third-order valence-electron chi connectivity index (χ3n) is 3.77. The molecular formula is C19H17NO5.